The van der Waals surface area contributed by atoms with E-state index in [2.05, 4.69) is 6.07 Å². The van der Waals surface area contributed by atoms with E-state index in [0.717, 1.165) is 42.0 Å². The smallest absolute Gasteiger partial charge is 0.261 e. The van der Waals surface area contributed by atoms with E-state index in [9.17, 15) is 9.90 Å². The van der Waals surface area contributed by atoms with Gasteiger partial charge in [-0.05, 0) is 60.4 Å². The highest BCUT2D eigenvalue weighted by molar-refractivity contribution is 5.84. The minimum absolute atomic E-state index is 0.0632. The van der Waals surface area contributed by atoms with Crippen LogP contribution in [0.5, 0.6) is 17.2 Å². The van der Waals surface area contributed by atoms with Crippen LogP contribution in [0.1, 0.15) is 43.7 Å². The Morgan fingerprint density at radius 1 is 0.971 bits per heavy atom. The number of likely N-dealkylation sites (tertiary alicyclic amines) is 1. The van der Waals surface area contributed by atoms with Gasteiger partial charge in [0, 0.05) is 18.0 Å². The second-order valence-corrected chi connectivity index (χ2v) is 9.64. The number of nitrogens with zero attached hydrogens (tertiary/aromatic N) is 1. The number of carbonyl (C=O) groups is 1. The topological polar surface area (TPSA) is 68.2 Å². The highest BCUT2D eigenvalue weighted by Crippen LogP contribution is 2.51. The maximum Gasteiger partial charge on any atom is 0.261 e. The van der Waals surface area contributed by atoms with Gasteiger partial charge >= 0.3 is 0 Å². The molecule has 1 N–H and O–H groups in total. The summed E-state index contributed by atoms with van der Waals surface area (Å²) in [7, 11) is 3.26. The third-order valence-electron chi connectivity index (χ3n) is 7.73. The van der Waals surface area contributed by atoms with E-state index in [0.29, 0.717) is 30.2 Å². The fraction of sp³-hybridized carbons (Fsp3) is 0.414. The SMILES string of the molecule is COc1ccc(OC)c([C@H]2[C@@H]3CCCC[C@]3(O)CCN2C(=O)COc2ccc3ccccc3c2)c1. The number of piperidine rings is 1. The predicted molar refractivity (Wildman–Crippen MR) is 135 cm³/mol. The van der Waals surface area contributed by atoms with Crippen molar-refractivity contribution < 1.29 is 24.1 Å². The molecule has 1 aliphatic carbocycles. The van der Waals surface area contributed by atoms with Crippen LogP contribution in [0.15, 0.2) is 60.7 Å². The number of methoxy groups -OCH3 is 2. The molecule has 35 heavy (non-hydrogen) atoms. The molecular weight excluding hydrogens is 442 g/mol. The van der Waals surface area contributed by atoms with Gasteiger partial charge in [0.05, 0.1) is 25.9 Å². The van der Waals surface area contributed by atoms with Crippen LogP contribution in [-0.4, -0.2) is 48.9 Å². The third-order valence-corrected chi connectivity index (χ3v) is 7.73. The third kappa shape index (κ3) is 4.55. The summed E-state index contributed by atoms with van der Waals surface area (Å²) >= 11 is 0. The zero-order valence-electron chi connectivity index (χ0n) is 20.4. The summed E-state index contributed by atoms with van der Waals surface area (Å²) in [4.78, 5) is 15.5. The van der Waals surface area contributed by atoms with Gasteiger partial charge in [-0.15, -0.1) is 0 Å². The number of amides is 1. The zero-order chi connectivity index (χ0) is 24.4. The number of carbonyl (C=O) groups excluding carboxylic acids is 1. The van der Waals surface area contributed by atoms with E-state index in [1.54, 1.807) is 14.2 Å². The van der Waals surface area contributed by atoms with Crippen molar-refractivity contribution >= 4 is 16.7 Å². The Morgan fingerprint density at radius 3 is 2.57 bits per heavy atom. The van der Waals surface area contributed by atoms with Crippen molar-refractivity contribution in [1.29, 1.82) is 0 Å². The van der Waals surface area contributed by atoms with Gasteiger partial charge in [0.2, 0.25) is 0 Å². The molecule has 1 saturated heterocycles. The van der Waals surface area contributed by atoms with Crippen molar-refractivity contribution in [3.8, 4) is 17.2 Å². The molecule has 1 saturated carbocycles. The molecule has 0 aromatic heterocycles. The van der Waals surface area contributed by atoms with Crippen molar-refractivity contribution in [2.24, 2.45) is 5.92 Å². The molecule has 184 valence electrons. The van der Waals surface area contributed by atoms with Crippen molar-refractivity contribution in [1.82, 2.24) is 4.90 Å². The lowest BCUT2D eigenvalue weighted by molar-refractivity contribution is -0.157. The number of rotatable bonds is 6. The Kier molecular flexibility index (Phi) is 6.56. The zero-order valence-corrected chi connectivity index (χ0v) is 20.4. The second kappa shape index (κ2) is 9.78. The second-order valence-electron chi connectivity index (χ2n) is 9.64. The summed E-state index contributed by atoms with van der Waals surface area (Å²) in [6, 6.07) is 19.3. The Balaban J connectivity index is 1.44. The van der Waals surface area contributed by atoms with Gasteiger partial charge in [0.1, 0.15) is 17.2 Å². The lowest BCUT2D eigenvalue weighted by Gasteiger charge is -2.52. The molecule has 2 fully saturated rings. The van der Waals surface area contributed by atoms with Gasteiger partial charge in [-0.2, -0.15) is 0 Å². The predicted octanol–water partition coefficient (Wildman–Crippen LogP) is 5.13. The fourth-order valence-electron chi connectivity index (χ4n) is 5.90. The fourth-order valence-corrected chi connectivity index (χ4v) is 5.90. The van der Waals surface area contributed by atoms with Gasteiger partial charge in [0.25, 0.3) is 5.91 Å². The molecule has 6 nitrogen and oxygen atoms in total. The number of aliphatic hydroxyl groups is 1. The van der Waals surface area contributed by atoms with Crippen LogP contribution in [0.3, 0.4) is 0 Å². The summed E-state index contributed by atoms with van der Waals surface area (Å²) in [6.45, 7) is 0.407. The first kappa shape index (κ1) is 23.5. The summed E-state index contributed by atoms with van der Waals surface area (Å²) < 4.78 is 17.2. The summed E-state index contributed by atoms with van der Waals surface area (Å²) in [5.74, 6) is 1.89. The molecule has 6 heteroatoms. The standard InChI is InChI=1S/C29H33NO5/c1-33-22-12-13-26(34-2)24(18-22)28-25-9-5-6-14-29(25,32)15-16-30(28)27(31)19-35-23-11-10-20-7-3-4-8-21(20)17-23/h3-4,7-8,10-13,17-18,25,28,32H,5-6,9,14-16,19H2,1-2H3/t25-,28-,29-/m0/s1. The quantitative estimate of drug-likeness (QED) is 0.535. The van der Waals surface area contributed by atoms with E-state index in [-0.39, 0.29) is 24.5 Å². The molecule has 0 radical (unpaired) electrons. The molecule has 3 atom stereocenters. The normalized spacial score (nSPS) is 24.0. The van der Waals surface area contributed by atoms with Crippen LogP contribution in [0, 0.1) is 5.92 Å². The van der Waals surface area contributed by atoms with Gasteiger partial charge in [-0.25, -0.2) is 0 Å². The first-order valence-electron chi connectivity index (χ1n) is 12.4. The van der Waals surface area contributed by atoms with Crippen molar-refractivity contribution in [3.05, 3.63) is 66.2 Å². The minimum Gasteiger partial charge on any atom is -0.497 e. The minimum atomic E-state index is -0.785. The van der Waals surface area contributed by atoms with E-state index in [1.807, 2.05) is 59.5 Å². The van der Waals surface area contributed by atoms with Crippen LogP contribution in [-0.2, 0) is 4.79 Å². The molecule has 5 rings (SSSR count). The van der Waals surface area contributed by atoms with Crippen molar-refractivity contribution in [3.63, 3.8) is 0 Å². The highest BCUT2D eigenvalue weighted by Gasteiger charge is 2.51. The number of ether oxygens (including phenoxy) is 3. The van der Waals surface area contributed by atoms with Crippen molar-refractivity contribution in [2.75, 3.05) is 27.4 Å². The average Bonchev–Trinajstić information content (AvgIpc) is 2.90. The lowest BCUT2D eigenvalue weighted by Crippen LogP contribution is -2.57. The summed E-state index contributed by atoms with van der Waals surface area (Å²) in [5, 5.41) is 13.8. The molecule has 0 bridgehead atoms. The average molecular weight is 476 g/mol. The summed E-state index contributed by atoms with van der Waals surface area (Å²) in [6.07, 6.45) is 4.23. The number of benzene rings is 3. The first-order valence-corrected chi connectivity index (χ1v) is 12.4. The Morgan fingerprint density at radius 2 is 1.77 bits per heavy atom. The number of fused-ring (bicyclic) bond motifs is 2. The van der Waals surface area contributed by atoms with E-state index in [4.69, 9.17) is 14.2 Å². The molecular formula is C29H33NO5. The van der Waals surface area contributed by atoms with E-state index in [1.165, 1.54) is 0 Å². The van der Waals surface area contributed by atoms with Gasteiger partial charge in [0.15, 0.2) is 6.61 Å². The van der Waals surface area contributed by atoms with Crippen LogP contribution < -0.4 is 14.2 Å². The van der Waals surface area contributed by atoms with Gasteiger partial charge < -0.3 is 24.2 Å². The Labute approximate surface area is 206 Å². The van der Waals surface area contributed by atoms with Crippen molar-refractivity contribution in [2.45, 2.75) is 43.7 Å². The van der Waals surface area contributed by atoms with Crippen LogP contribution in [0.2, 0.25) is 0 Å². The molecule has 3 aromatic rings. The van der Waals surface area contributed by atoms with E-state index < -0.39 is 5.60 Å². The first-order chi connectivity index (χ1) is 17.0. The highest BCUT2D eigenvalue weighted by atomic mass is 16.5. The monoisotopic (exact) mass is 475 g/mol. The van der Waals surface area contributed by atoms with E-state index >= 15 is 0 Å². The molecule has 0 unspecified atom stereocenters. The molecule has 2 aliphatic rings. The number of hydrogen-bond acceptors (Lipinski definition) is 5. The van der Waals surface area contributed by atoms with Crippen LogP contribution in [0.4, 0.5) is 0 Å². The molecule has 3 aromatic carbocycles. The maximum absolute atomic E-state index is 13.6. The summed E-state index contributed by atoms with van der Waals surface area (Å²) in [5.41, 5.74) is 0.0865. The number of hydrogen-bond donors (Lipinski definition) is 1. The van der Waals surface area contributed by atoms with Crippen LogP contribution >= 0.6 is 0 Å². The van der Waals surface area contributed by atoms with Crippen LogP contribution in [0.25, 0.3) is 10.8 Å². The molecule has 1 amide bonds. The molecule has 0 spiro atoms. The molecule has 1 aliphatic heterocycles. The van der Waals surface area contributed by atoms with Gasteiger partial charge in [-0.1, -0.05) is 43.2 Å². The molecule has 1 heterocycles. The lowest BCUT2D eigenvalue weighted by atomic mass is 9.66. The van der Waals surface area contributed by atoms with Gasteiger partial charge in [-0.3, -0.25) is 4.79 Å². The maximum atomic E-state index is 13.6. The Bertz CT molecular complexity index is 1210. The largest absolute Gasteiger partial charge is 0.497 e. The Hall–Kier alpha value is -3.25.